The van der Waals surface area contributed by atoms with Crippen LogP contribution in [0, 0.1) is 0 Å². The molecule has 0 heterocycles. The largest absolute Gasteiger partial charge is 0.497 e. The molecule has 2 aromatic rings. The minimum atomic E-state index is -0.151. The highest BCUT2D eigenvalue weighted by atomic mass is 16.5. The lowest BCUT2D eigenvalue weighted by Gasteiger charge is -2.26. The summed E-state index contributed by atoms with van der Waals surface area (Å²) >= 11 is 0. The summed E-state index contributed by atoms with van der Waals surface area (Å²) in [5, 5.41) is 0. The standard InChI is InChI=1S/C22H28N2O4/c1-5-23(16-18-9-7-6-8-10-18)22(26)13-14-24(17(2)25)20-12-11-19(27-3)15-21(20)28-4/h6-12,15H,5,13-14,16H2,1-4H3. The first-order valence-electron chi connectivity index (χ1n) is 9.32. The van der Waals surface area contributed by atoms with Gasteiger partial charge in [-0.1, -0.05) is 30.3 Å². The number of ether oxygens (including phenoxy) is 2. The summed E-state index contributed by atoms with van der Waals surface area (Å²) in [5.41, 5.74) is 1.70. The van der Waals surface area contributed by atoms with E-state index in [9.17, 15) is 9.59 Å². The number of methoxy groups -OCH3 is 2. The molecule has 0 N–H and O–H groups in total. The van der Waals surface area contributed by atoms with Gasteiger partial charge in [-0.2, -0.15) is 0 Å². The highest BCUT2D eigenvalue weighted by molar-refractivity contribution is 5.94. The molecule has 6 nitrogen and oxygen atoms in total. The normalized spacial score (nSPS) is 10.3. The molecule has 0 radical (unpaired) electrons. The number of hydrogen-bond acceptors (Lipinski definition) is 4. The average molecular weight is 384 g/mol. The van der Waals surface area contributed by atoms with E-state index in [1.165, 1.54) is 6.92 Å². The van der Waals surface area contributed by atoms with E-state index in [1.807, 2.05) is 37.3 Å². The van der Waals surface area contributed by atoms with Crippen LogP contribution in [-0.2, 0) is 16.1 Å². The van der Waals surface area contributed by atoms with E-state index in [4.69, 9.17) is 9.47 Å². The van der Waals surface area contributed by atoms with Crippen LogP contribution < -0.4 is 14.4 Å². The monoisotopic (exact) mass is 384 g/mol. The van der Waals surface area contributed by atoms with Gasteiger partial charge in [-0.05, 0) is 24.6 Å². The molecule has 0 unspecified atom stereocenters. The van der Waals surface area contributed by atoms with Gasteiger partial charge >= 0.3 is 0 Å². The van der Waals surface area contributed by atoms with Crippen LogP contribution in [0.4, 0.5) is 5.69 Å². The lowest BCUT2D eigenvalue weighted by molar-refractivity contribution is -0.131. The summed E-state index contributed by atoms with van der Waals surface area (Å²) in [6.45, 7) is 4.88. The van der Waals surface area contributed by atoms with Crippen molar-refractivity contribution in [3.8, 4) is 11.5 Å². The molecule has 0 bridgehead atoms. The van der Waals surface area contributed by atoms with Crippen molar-refractivity contribution in [2.45, 2.75) is 26.8 Å². The first-order valence-corrected chi connectivity index (χ1v) is 9.32. The molecule has 0 fully saturated rings. The molecular weight excluding hydrogens is 356 g/mol. The van der Waals surface area contributed by atoms with Gasteiger partial charge < -0.3 is 19.3 Å². The minimum absolute atomic E-state index is 0.00471. The van der Waals surface area contributed by atoms with Crippen molar-refractivity contribution in [3.63, 3.8) is 0 Å². The van der Waals surface area contributed by atoms with E-state index in [1.54, 1.807) is 42.2 Å². The van der Waals surface area contributed by atoms with Crippen molar-refractivity contribution in [3.05, 3.63) is 54.1 Å². The van der Waals surface area contributed by atoms with Crippen molar-refractivity contribution >= 4 is 17.5 Å². The molecule has 2 amide bonds. The zero-order valence-corrected chi connectivity index (χ0v) is 17.0. The molecule has 2 aromatic carbocycles. The summed E-state index contributed by atoms with van der Waals surface area (Å²) in [6, 6.07) is 15.1. The Morgan fingerprint density at radius 3 is 2.29 bits per heavy atom. The number of hydrogen-bond donors (Lipinski definition) is 0. The van der Waals surface area contributed by atoms with E-state index in [2.05, 4.69) is 0 Å². The topological polar surface area (TPSA) is 59.1 Å². The SMILES string of the molecule is CCN(Cc1ccccc1)C(=O)CCN(C(C)=O)c1ccc(OC)cc1OC. The second-order valence-corrected chi connectivity index (χ2v) is 6.35. The third-order valence-corrected chi connectivity index (χ3v) is 4.56. The van der Waals surface area contributed by atoms with Gasteiger partial charge in [-0.15, -0.1) is 0 Å². The molecule has 150 valence electrons. The minimum Gasteiger partial charge on any atom is -0.497 e. The zero-order valence-electron chi connectivity index (χ0n) is 17.0. The van der Waals surface area contributed by atoms with E-state index in [-0.39, 0.29) is 24.8 Å². The van der Waals surface area contributed by atoms with E-state index >= 15 is 0 Å². The quantitative estimate of drug-likeness (QED) is 0.664. The van der Waals surface area contributed by atoms with Gasteiger partial charge in [0.15, 0.2) is 0 Å². The fraction of sp³-hybridized carbons (Fsp3) is 0.364. The predicted octanol–water partition coefficient (Wildman–Crippen LogP) is 3.50. The zero-order chi connectivity index (χ0) is 20.5. The fourth-order valence-corrected chi connectivity index (χ4v) is 3.00. The van der Waals surface area contributed by atoms with Gasteiger partial charge in [0.25, 0.3) is 0 Å². The number of rotatable bonds is 9. The molecule has 28 heavy (non-hydrogen) atoms. The number of amides is 2. The second-order valence-electron chi connectivity index (χ2n) is 6.35. The van der Waals surface area contributed by atoms with Crippen LogP contribution in [0.15, 0.2) is 48.5 Å². The van der Waals surface area contributed by atoms with Crippen LogP contribution in [0.1, 0.15) is 25.8 Å². The maximum Gasteiger partial charge on any atom is 0.224 e. The summed E-state index contributed by atoms with van der Waals surface area (Å²) in [4.78, 5) is 28.3. The van der Waals surface area contributed by atoms with Gasteiger partial charge in [0.05, 0.1) is 19.9 Å². The molecule has 0 saturated heterocycles. The Balaban J connectivity index is 2.10. The van der Waals surface area contributed by atoms with Crippen LogP contribution in [0.5, 0.6) is 11.5 Å². The molecule has 2 rings (SSSR count). The van der Waals surface area contributed by atoms with Gasteiger partial charge in [-0.25, -0.2) is 0 Å². The number of carbonyl (C=O) groups is 2. The first kappa shape index (κ1) is 21.3. The van der Waals surface area contributed by atoms with Crippen LogP contribution >= 0.6 is 0 Å². The number of carbonyl (C=O) groups excluding carboxylic acids is 2. The van der Waals surface area contributed by atoms with Crippen LogP contribution in [0.3, 0.4) is 0 Å². The smallest absolute Gasteiger partial charge is 0.224 e. The summed E-state index contributed by atoms with van der Waals surface area (Å²) in [7, 11) is 3.11. The molecule has 0 atom stereocenters. The Labute approximate surface area is 166 Å². The lowest BCUT2D eigenvalue weighted by Crippen LogP contribution is -2.36. The Kier molecular flexibility index (Phi) is 7.87. The number of benzene rings is 2. The first-order chi connectivity index (χ1) is 13.5. The van der Waals surface area contributed by atoms with Crippen LogP contribution in [0.25, 0.3) is 0 Å². The van der Waals surface area contributed by atoms with Gasteiger partial charge in [0, 0.05) is 39.0 Å². The predicted molar refractivity (Wildman–Crippen MR) is 110 cm³/mol. The summed E-state index contributed by atoms with van der Waals surface area (Å²) < 4.78 is 10.6. The highest BCUT2D eigenvalue weighted by Gasteiger charge is 2.20. The van der Waals surface area contributed by atoms with Crippen molar-refractivity contribution < 1.29 is 19.1 Å². The number of nitrogens with zero attached hydrogens (tertiary/aromatic N) is 2. The Hall–Kier alpha value is -3.02. The van der Waals surface area contributed by atoms with Crippen LogP contribution in [0.2, 0.25) is 0 Å². The Morgan fingerprint density at radius 1 is 1.00 bits per heavy atom. The molecule has 0 aliphatic carbocycles. The number of anilines is 1. The Bertz CT molecular complexity index is 792. The molecule has 0 aromatic heterocycles. The third kappa shape index (κ3) is 5.49. The molecule has 0 aliphatic rings. The van der Waals surface area contributed by atoms with Crippen LogP contribution in [-0.4, -0.2) is 44.0 Å². The second kappa shape index (κ2) is 10.3. The summed E-state index contributed by atoms with van der Waals surface area (Å²) in [5.74, 6) is 1.02. The van der Waals surface area contributed by atoms with Crippen molar-refractivity contribution in [1.82, 2.24) is 4.90 Å². The molecule has 0 spiro atoms. The van der Waals surface area contributed by atoms with E-state index < -0.39 is 0 Å². The maximum atomic E-state index is 12.7. The maximum absolute atomic E-state index is 12.7. The van der Waals surface area contributed by atoms with Crippen molar-refractivity contribution in [1.29, 1.82) is 0 Å². The molecular formula is C22H28N2O4. The van der Waals surface area contributed by atoms with Crippen molar-refractivity contribution in [2.75, 3.05) is 32.2 Å². The molecule has 0 saturated carbocycles. The highest BCUT2D eigenvalue weighted by Crippen LogP contribution is 2.32. The van der Waals surface area contributed by atoms with Gasteiger partial charge in [0.2, 0.25) is 11.8 Å². The fourth-order valence-electron chi connectivity index (χ4n) is 3.00. The summed E-state index contributed by atoms with van der Waals surface area (Å²) in [6.07, 6.45) is 0.232. The van der Waals surface area contributed by atoms with E-state index in [0.717, 1.165) is 5.56 Å². The van der Waals surface area contributed by atoms with Gasteiger partial charge in [-0.3, -0.25) is 9.59 Å². The van der Waals surface area contributed by atoms with E-state index in [0.29, 0.717) is 30.3 Å². The lowest BCUT2D eigenvalue weighted by atomic mass is 10.2. The average Bonchev–Trinajstić information content (AvgIpc) is 2.72. The third-order valence-electron chi connectivity index (χ3n) is 4.56. The van der Waals surface area contributed by atoms with Crippen molar-refractivity contribution in [2.24, 2.45) is 0 Å². The molecule has 6 heteroatoms. The molecule has 0 aliphatic heterocycles. The van der Waals surface area contributed by atoms with Gasteiger partial charge in [0.1, 0.15) is 11.5 Å². The Morgan fingerprint density at radius 2 is 1.71 bits per heavy atom.